The van der Waals surface area contributed by atoms with Gasteiger partial charge in [-0.2, -0.15) is 4.31 Å². The lowest BCUT2D eigenvalue weighted by Crippen LogP contribution is -3.15. The van der Waals surface area contributed by atoms with Gasteiger partial charge in [0.15, 0.2) is 6.54 Å². The zero-order valence-electron chi connectivity index (χ0n) is 18.0. The molecule has 162 valence electrons. The number of nitrogens with zero attached hydrogens (tertiary/aromatic N) is 2. The number of carbonyl (C=O) groups excluding carboxylic acids is 2. The molecule has 1 saturated heterocycles. The highest BCUT2D eigenvalue weighted by Crippen LogP contribution is 2.16. The molecule has 0 radical (unpaired) electrons. The SMILES string of the molecule is Cc1ccc(S(=O)(=O)N2CC[NH+](CC(=O)N(C)CC(=O)NC(C)(C)C)CC2)cc1. The zero-order chi connectivity index (χ0) is 21.8. The standard InChI is InChI=1S/C20H32N4O4S/c1-16-6-8-17(9-7-16)29(27,28)24-12-10-23(11-13-24)15-19(26)22(5)14-18(25)21-20(2,3)4/h6-9H,10-15H2,1-5H3,(H,21,25)/p+1. The Balaban J connectivity index is 1.85. The lowest BCUT2D eigenvalue weighted by atomic mass is 10.1. The third-order valence-electron chi connectivity index (χ3n) is 4.81. The minimum atomic E-state index is -3.51. The number of piperazine rings is 1. The van der Waals surface area contributed by atoms with Crippen molar-refractivity contribution >= 4 is 21.8 Å². The molecule has 0 bridgehead atoms. The van der Waals surface area contributed by atoms with Crippen LogP contribution in [0.15, 0.2) is 29.2 Å². The monoisotopic (exact) mass is 425 g/mol. The quantitative estimate of drug-likeness (QED) is 0.628. The van der Waals surface area contributed by atoms with E-state index in [2.05, 4.69) is 5.32 Å². The third kappa shape index (κ3) is 6.80. The number of benzene rings is 1. The van der Waals surface area contributed by atoms with Crippen LogP contribution in [0.2, 0.25) is 0 Å². The lowest BCUT2D eigenvalue weighted by Gasteiger charge is -2.32. The maximum absolute atomic E-state index is 12.8. The number of likely N-dealkylation sites (N-methyl/N-ethyl adjacent to an activating group) is 1. The number of hydrogen-bond acceptors (Lipinski definition) is 4. The minimum absolute atomic E-state index is 0.0112. The molecule has 2 N–H and O–H groups in total. The summed E-state index contributed by atoms with van der Waals surface area (Å²) in [4.78, 5) is 27.2. The summed E-state index contributed by atoms with van der Waals surface area (Å²) in [5, 5.41) is 2.84. The molecule has 0 spiro atoms. The van der Waals surface area contributed by atoms with E-state index < -0.39 is 10.0 Å². The van der Waals surface area contributed by atoms with E-state index in [1.807, 2.05) is 27.7 Å². The van der Waals surface area contributed by atoms with Crippen LogP contribution in [0.3, 0.4) is 0 Å². The van der Waals surface area contributed by atoms with Crippen molar-refractivity contribution in [3.63, 3.8) is 0 Å². The fraction of sp³-hybridized carbons (Fsp3) is 0.600. The van der Waals surface area contributed by atoms with Crippen molar-refractivity contribution in [1.29, 1.82) is 0 Å². The Morgan fingerprint density at radius 1 is 1.14 bits per heavy atom. The molecule has 8 nitrogen and oxygen atoms in total. The number of aryl methyl sites for hydroxylation is 1. The van der Waals surface area contributed by atoms with Crippen molar-refractivity contribution in [3.8, 4) is 0 Å². The van der Waals surface area contributed by atoms with Crippen LogP contribution in [0.25, 0.3) is 0 Å². The largest absolute Gasteiger partial charge is 0.350 e. The van der Waals surface area contributed by atoms with Gasteiger partial charge in [-0.3, -0.25) is 9.59 Å². The van der Waals surface area contributed by atoms with E-state index >= 15 is 0 Å². The molecule has 1 aliphatic rings. The lowest BCUT2D eigenvalue weighted by molar-refractivity contribution is -0.895. The van der Waals surface area contributed by atoms with Gasteiger partial charge in [0.05, 0.1) is 37.6 Å². The maximum Gasteiger partial charge on any atom is 0.277 e. The van der Waals surface area contributed by atoms with Crippen LogP contribution in [0, 0.1) is 6.92 Å². The normalized spacial score (nSPS) is 16.4. The highest BCUT2D eigenvalue weighted by Gasteiger charge is 2.31. The number of carbonyl (C=O) groups is 2. The van der Waals surface area contributed by atoms with Gasteiger partial charge >= 0.3 is 0 Å². The van der Waals surface area contributed by atoms with Crippen LogP contribution < -0.4 is 10.2 Å². The van der Waals surface area contributed by atoms with E-state index in [-0.39, 0.29) is 30.4 Å². The molecule has 0 saturated carbocycles. The van der Waals surface area contributed by atoms with Crippen molar-refractivity contribution in [2.75, 3.05) is 46.3 Å². The predicted octanol–water partition coefficient (Wildman–Crippen LogP) is -0.743. The van der Waals surface area contributed by atoms with Gasteiger partial charge in [-0.15, -0.1) is 0 Å². The first-order valence-electron chi connectivity index (χ1n) is 9.84. The van der Waals surface area contributed by atoms with E-state index in [1.165, 1.54) is 9.21 Å². The second kappa shape index (κ2) is 9.23. The van der Waals surface area contributed by atoms with E-state index in [0.717, 1.165) is 10.5 Å². The van der Waals surface area contributed by atoms with Gasteiger partial charge in [0.2, 0.25) is 15.9 Å². The first-order valence-corrected chi connectivity index (χ1v) is 11.3. The number of quaternary nitrogens is 1. The topological polar surface area (TPSA) is 91.2 Å². The summed E-state index contributed by atoms with van der Waals surface area (Å²) in [6.45, 7) is 9.69. The smallest absolute Gasteiger partial charge is 0.277 e. The van der Waals surface area contributed by atoms with Gasteiger partial charge in [0.25, 0.3) is 5.91 Å². The highest BCUT2D eigenvalue weighted by molar-refractivity contribution is 7.89. The average Bonchev–Trinajstić information content (AvgIpc) is 2.60. The molecular weight excluding hydrogens is 392 g/mol. The molecule has 2 amide bonds. The van der Waals surface area contributed by atoms with Crippen molar-refractivity contribution in [2.45, 2.75) is 38.1 Å². The van der Waals surface area contributed by atoms with Gasteiger partial charge in [0.1, 0.15) is 0 Å². The number of hydrogen-bond donors (Lipinski definition) is 2. The van der Waals surface area contributed by atoms with E-state index in [4.69, 9.17) is 0 Å². The van der Waals surface area contributed by atoms with E-state index in [9.17, 15) is 18.0 Å². The molecule has 1 heterocycles. The molecule has 1 aliphatic heterocycles. The highest BCUT2D eigenvalue weighted by atomic mass is 32.2. The zero-order valence-corrected chi connectivity index (χ0v) is 18.8. The van der Waals surface area contributed by atoms with Gasteiger partial charge in [-0.05, 0) is 39.8 Å². The second-order valence-electron chi connectivity index (χ2n) is 8.69. The summed E-state index contributed by atoms with van der Waals surface area (Å²) < 4.78 is 27.0. The molecule has 1 fully saturated rings. The van der Waals surface area contributed by atoms with E-state index in [0.29, 0.717) is 31.1 Å². The van der Waals surface area contributed by atoms with Crippen LogP contribution in [-0.2, 0) is 19.6 Å². The molecule has 2 rings (SSSR count). The minimum Gasteiger partial charge on any atom is -0.350 e. The summed E-state index contributed by atoms with van der Waals surface area (Å²) in [6.07, 6.45) is 0. The van der Waals surface area contributed by atoms with Crippen LogP contribution >= 0.6 is 0 Å². The van der Waals surface area contributed by atoms with Crippen LogP contribution in [-0.4, -0.2) is 81.3 Å². The van der Waals surface area contributed by atoms with Crippen molar-refractivity contribution in [1.82, 2.24) is 14.5 Å². The Hall–Kier alpha value is -1.97. The van der Waals surface area contributed by atoms with Crippen molar-refractivity contribution < 1.29 is 22.9 Å². The summed E-state index contributed by atoms with van der Waals surface area (Å²) in [5.74, 6) is -0.323. The number of nitrogens with one attached hydrogen (secondary N) is 2. The molecule has 1 aromatic rings. The number of sulfonamides is 1. The van der Waals surface area contributed by atoms with Gasteiger partial charge < -0.3 is 15.1 Å². The maximum atomic E-state index is 12.8. The Morgan fingerprint density at radius 2 is 1.69 bits per heavy atom. The molecule has 29 heavy (non-hydrogen) atoms. The average molecular weight is 426 g/mol. The number of amides is 2. The Labute approximate surface area is 173 Å². The molecule has 0 aliphatic carbocycles. The first kappa shape index (κ1) is 23.3. The third-order valence-corrected chi connectivity index (χ3v) is 6.72. The molecule has 1 aromatic carbocycles. The fourth-order valence-corrected chi connectivity index (χ4v) is 4.63. The predicted molar refractivity (Wildman–Crippen MR) is 111 cm³/mol. The van der Waals surface area contributed by atoms with E-state index in [1.54, 1.807) is 31.3 Å². The summed E-state index contributed by atoms with van der Waals surface area (Å²) in [5.41, 5.74) is 0.669. The van der Waals surface area contributed by atoms with Crippen LogP contribution in [0.5, 0.6) is 0 Å². The van der Waals surface area contributed by atoms with Gasteiger partial charge in [0, 0.05) is 12.6 Å². The Bertz CT molecular complexity index is 823. The molecule has 0 aromatic heterocycles. The van der Waals surface area contributed by atoms with Gasteiger partial charge in [-0.1, -0.05) is 17.7 Å². The first-order chi connectivity index (χ1) is 13.4. The van der Waals surface area contributed by atoms with Crippen molar-refractivity contribution in [3.05, 3.63) is 29.8 Å². The summed E-state index contributed by atoms with van der Waals surface area (Å²) in [6, 6.07) is 6.84. The van der Waals surface area contributed by atoms with Crippen LogP contribution in [0.4, 0.5) is 0 Å². The fourth-order valence-electron chi connectivity index (χ4n) is 3.19. The molecular formula is C20H33N4O4S+. The van der Waals surface area contributed by atoms with Gasteiger partial charge in [-0.25, -0.2) is 8.42 Å². The number of rotatable bonds is 6. The Morgan fingerprint density at radius 3 is 2.21 bits per heavy atom. The molecule has 0 atom stereocenters. The second-order valence-corrected chi connectivity index (χ2v) is 10.6. The summed E-state index contributed by atoms with van der Waals surface area (Å²) >= 11 is 0. The summed E-state index contributed by atoms with van der Waals surface area (Å²) in [7, 11) is -1.90. The molecule has 9 heteroatoms. The van der Waals surface area contributed by atoms with Crippen molar-refractivity contribution in [2.24, 2.45) is 0 Å². The van der Waals surface area contributed by atoms with Crippen LogP contribution in [0.1, 0.15) is 26.3 Å². The Kier molecular flexibility index (Phi) is 7.42. The molecule has 0 unspecified atom stereocenters.